The summed E-state index contributed by atoms with van der Waals surface area (Å²) in [6.45, 7) is 1.53. The summed E-state index contributed by atoms with van der Waals surface area (Å²) in [5.41, 5.74) is 25.3. The first-order valence-electron chi connectivity index (χ1n) is 16.9. The molecule has 0 saturated carbocycles. The van der Waals surface area contributed by atoms with Crippen molar-refractivity contribution >= 4 is 41.8 Å². The van der Waals surface area contributed by atoms with E-state index in [2.05, 4.69) is 10.6 Å². The zero-order valence-electron chi connectivity index (χ0n) is 31.6. The second-order valence-electron chi connectivity index (χ2n) is 11.8. The van der Waals surface area contributed by atoms with Crippen molar-refractivity contribution in [2.24, 2.45) is 28.7 Å². The van der Waals surface area contributed by atoms with E-state index in [0.717, 1.165) is 44.3 Å². The molecule has 0 aromatic heterocycles. The molecule has 2 heterocycles. The Bertz CT molecular complexity index is 1240. The van der Waals surface area contributed by atoms with Gasteiger partial charge in [0.25, 0.3) is 0 Å². The van der Waals surface area contributed by atoms with Crippen LogP contribution in [0.3, 0.4) is 0 Å². The summed E-state index contributed by atoms with van der Waals surface area (Å²) >= 11 is 0. The summed E-state index contributed by atoms with van der Waals surface area (Å²) in [5.74, 6) is -7.02. The maximum Gasteiger partial charge on any atom is 0.323 e. The molecule has 26 nitrogen and oxygen atoms in total. The van der Waals surface area contributed by atoms with Gasteiger partial charge in [-0.2, -0.15) is 0 Å². The Hall–Kier alpha value is -5.13. The Morgan fingerprint density at radius 1 is 0.586 bits per heavy atom. The molecule has 1 aromatic carbocycles. The molecule has 1 aromatic rings. The molecule has 0 spiro atoms. The third kappa shape index (κ3) is 34.1. The van der Waals surface area contributed by atoms with Gasteiger partial charge in [0.1, 0.15) is 48.0 Å². The van der Waals surface area contributed by atoms with E-state index in [1.54, 1.807) is 12.1 Å². The monoisotopic (exact) mass is 845 g/mol. The number of hydrogen-bond donors (Lipinski definition) is 19. The first kappa shape index (κ1) is 59.6. The largest absolute Gasteiger partial charge is 0.508 e. The minimum absolute atomic E-state index is 0.160. The van der Waals surface area contributed by atoms with Crippen LogP contribution in [0.25, 0.3) is 0 Å². The number of aliphatic carboxylic acids is 7. The van der Waals surface area contributed by atoms with Crippen molar-refractivity contribution in [1.82, 2.24) is 10.6 Å². The Morgan fingerprint density at radius 3 is 1.03 bits per heavy atom. The molecule has 8 atom stereocenters. The summed E-state index contributed by atoms with van der Waals surface area (Å²) in [6, 6.07) is 0.355. The van der Waals surface area contributed by atoms with E-state index in [-0.39, 0.29) is 24.3 Å². The summed E-state index contributed by atoms with van der Waals surface area (Å²) < 4.78 is 0. The highest BCUT2D eigenvalue weighted by Crippen LogP contribution is 2.10. The molecule has 3 rings (SSSR count). The Balaban J connectivity index is -0.000000297. The molecule has 0 aliphatic carbocycles. The molecule has 26 heteroatoms. The molecule has 0 amide bonds. The summed E-state index contributed by atoms with van der Waals surface area (Å²) in [7, 11) is 0. The van der Waals surface area contributed by atoms with Gasteiger partial charge >= 0.3 is 41.8 Å². The number of carboxylic acid groups (broad SMARTS) is 7. The number of benzene rings is 1. The molecule has 0 radical (unpaired) electrons. The van der Waals surface area contributed by atoms with Crippen LogP contribution in [0.4, 0.5) is 0 Å². The van der Waals surface area contributed by atoms with Crippen molar-refractivity contribution in [3.05, 3.63) is 29.8 Å². The normalized spacial score (nSPS) is 17.8. The number of carboxylic acids is 7. The number of phenolic OH excluding ortho intramolecular Hbond substituents is 1. The molecule has 2 aliphatic heterocycles. The molecule has 2 saturated heterocycles. The smallest absolute Gasteiger partial charge is 0.323 e. The number of hydrogen-bond acceptors (Lipinski definition) is 19. The predicted molar refractivity (Wildman–Crippen MR) is 200 cm³/mol. The van der Waals surface area contributed by atoms with Crippen LogP contribution in [0.2, 0.25) is 0 Å². The van der Waals surface area contributed by atoms with E-state index in [9.17, 15) is 33.6 Å². The van der Waals surface area contributed by atoms with Crippen LogP contribution in [0.5, 0.6) is 5.75 Å². The topological polar surface area (TPSA) is 516 Å². The molecule has 2 fully saturated rings. The van der Waals surface area contributed by atoms with Crippen molar-refractivity contribution in [3.8, 4) is 5.75 Å². The lowest BCUT2D eigenvalue weighted by Crippen LogP contribution is -2.39. The van der Waals surface area contributed by atoms with Crippen molar-refractivity contribution in [1.29, 1.82) is 0 Å². The van der Waals surface area contributed by atoms with Crippen molar-refractivity contribution in [3.63, 3.8) is 0 Å². The van der Waals surface area contributed by atoms with Gasteiger partial charge in [-0.3, -0.25) is 33.6 Å². The Morgan fingerprint density at radius 2 is 0.897 bits per heavy atom. The quantitative estimate of drug-likeness (QED) is 0.0878. The Kier molecular flexibility index (Phi) is 36.0. The Labute approximate surface area is 331 Å². The van der Waals surface area contributed by atoms with Crippen molar-refractivity contribution in [2.45, 2.75) is 87.4 Å². The highest BCUT2D eigenvalue weighted by molar-refractivity contribution is 5.75. The zero-order chi connectivity index (χ0) is 46.1. The van der Waals surface area contributed by atoms with Gasteiger partial charge in [0, 0.05) is 0 Å². The van der Waals surface area contributed by atoms with Crippen LogP contribution in [0.1, 0.15) is 38.2 Å². The van der Waals surface area contributed by atoms with E-state index >= 15 is 0 Å². The van der Waals surface area contributed by atoms with Gasteiger partial charge in [-0.15, -0.1) is 0 Å². The van der Waals surface area contributed by atoms with Crippen LogP contribution in [0, 0.1) is 0 Å². The number of nitrogens with two attached hydrogens (primary N) is 5. The second-order valence-corrected chi connectivity index (χ2v) is 11.8. The minimum Gasteiger partial charge on any atom is -0.508 e. The molecular weight excluding hydrogens is 786 g/mol. The van der Waals surface area contributed by atoms with Crippen LogP contribution in [0.15, 0.2) is 24.3 Å². The number of carbonyl (C=O) groups is 7. The maximum absolute atomic E-state index is 10.4. The van der Waals surface area contributed by atoms with Crippen LogP contribution in [-0.2, 0) is 40.0 Å². The number of rotatable bonds is 13. The number of phenols is 1. The second kappa shape index (κ2) is 35.1. The summed E-state index contributed by atoms with van der Waals surface area (Å²) in [5, 5.41) is 104. The molecular formula is C32H59N7O19. The molecule has 58 heavy (non-hydrogen) atoms. The van der Waals surface area contributed by atoms with Gasteiger partial charge in [0.05, 0.1) is 25.9 Å². The van der Waals surface area contributed by atoms with Crippen LogP contribution in [-0.4, -0.2) is 184 Å². The van der Waals surface area contributed by atoms with Crippen LogP contribution >= 0.6 is 0 Å². The fourth-order valence-corrected chi connectivity index (χ4v) is 3.20. The highest BCUT2D eigenvalue weighted by atomic mass is 16.4. The van der Waals surface area contributed by atoms with E-state index in [4.69, 9.17) is 89.9 Å². The van der Waals surface area contributed by atoms with Crippen LogP contribution < -0.4 is 39.3 Å². The molecule has 2 aliphatic rings. The van der Waals surface area contributed by atoms with Crippen molar-refractivity contribution in [2.75, 3.05) is 32.9 Å². The van der Waals surface area contributed by atoms with Gasteiger partial charge in [-0.1, -0.05) is 12.1 Å². The standard InChI is InChI=1S/C9H11NO3.2C5H9NO2.C4H9NO3.3C3H7NO3/c10-8(9(12)13)5-6-1-3-7(11)4-2-6;2*7-5(8)4-2-1-3-6-4;1-2(6)3(5)4(7)8;3*4-2(1-5)3(6)7/h1-4,8,11H,5,10H2,(H,12,13);2*4,6H,1-3H2,(H,7,8);2-3,6H,5H2,1H3,(H,7,8);3*2,5H,1,4H2,(H,6,7)/t8-;2*4-;2-,3+;3*2-/m0001000/s1. The maximum atomic E-state index is 10.4. The number of nitrogens with one attached hydrogen (secondary N) is 2. The highest BCUT2D eigenvalue weighted by Gasteiger charge is 2.21. The third-order valence-electron chi connectivity index (χ3n) is 6.77. The van der Waals surface area contributed by atoms with E-state index in [1.165, 1.54) is 19.1 Å². The predicted octanol–water partition coefficient (Wildman–Crippen LogP) is -6.06. The first-order valence-corrected chi connectivity index (χ1v) is 16.9. The molecule has 24 N–H and O–H groups in total. The minimum atomic E-state index is -1.18. The van der Waals surface area contributed by atoms with E-state index in [1.807, 2.05) is 0 Å². The molecule has 0 unspecified atom stereocenters. The van der Waals surface area contributed by atoms with E-state index < -0.39 is 97.9 Å². The van der Waals surface area contributed by atoms with E-state index in [0.29, 0.717) is 0 Å². The lowest BCUT2D eigenvalue weighted by atomic mass is 10.1. The first-order chi connectivity index (χ1) is 26.8. The van der Waals surface area contributed by atoms with Gasteiger partial charge in [-0.25, -0.2) is 0 Å². The summed E-state index contributed by atoms with van der Waals surface area (Å²) in [6.07, 6.45) is 2.86. The summed E-state index contributed by atoms with van der Waals surface area (Å²) in [4.78, 5) is 69.5. The van der Waals surface area contributed by atoms with Gasteiger partial charge < -0.3 is 101 Å². The van der Waals surface area contributed by atoms with Gasteiger partial charge in [0.2, 0.25) is 0 Å². The lowest BCUT2D eigenvalue weighted by Gasteiger charge is -2.06. The molecule has 336 valence electrons. The molecule has 0 bridgehead atoms. The fraction of sp³-hybridized carbons (Fsp3) is 0.594. The van der Waals surface area contributed by atoms with Gasteiger partial charge in [0.15, 0.2) is 0 Å². The number of aromatic hydroxyl groups is 1. The van der Waals surface area contributed by atoms with Crippen molar-refractivity contribution < 1.29 is 94.8 Å². The third-order valence-corrected chi connectivity index (χ3v) is 6.77. The number of aliphatic hydroxyl groups is 4. The lowest BCUT2D eigenvalue weighted by molar-refractivity contribution is -0.141. The fourth-order valence-electron chi connectivity index (χ4n) is 3.20. The van der Waals surface area contributed by atoms with Gasteiger partial charge in [-0.05, 0) is 69.8 Å². The average molecular weight is 846 g/mol. The average Bonchev–Trinajstić information content (AvgIpc) is 3.92. The zero-order valence-corrected chi connectivity index (χ0v) is 31.6. The number of aliphatic hydroxyl groups excluding tert-OH is 4. The SMILES string of the molecule is C[C@@H](O)[C@H](N)C(=O)O.N[C@@H](CO)C(=O)O.N[C@@H](CO)C(=O)O.N[C@@H](CO)C(=O)O.N[C@@H](Cc1ccc(O)cc1)C(=O)O.O=C(O)[C@@H]1CCCN1.O=C(O)[C@@H]1CCCN1.